The average Bonchev–Trinajstić information content (AvgIpc) is 3.38. The lowest BCUT2D eigenvalue weighted by Gasteiger charge is -2.34. The number of furan rings is 1. The first-order valence-corrected chi connectivity index (χ1v) is 9.37. The van der Waals surface area contributed by atoms with Crippen LogP contribution in [0.4, 0.5) is 0 Å². The standard InChI is InChI=1S/C21H24N4O2/c1-15(22)16-7-5-11-24(14-16)21(26)19-13-18(20-10-6-12-27-20)23-25(19)17-8-3-2-4-9-17/h2-4,6,8-10,12-13,15-16H,5,7,11,14,22H2,1H3. The van der Waals surface area contributed by atoms with Crippen molar-refractivity contribution in [3.63, 3.8) is 0 Å². The van der Waals surface area contributed by atoms with Gasteiger partial charge in [-0.25, -0.2) is 4.68 Å². The molecule has 140 valence electrons. The molecular formula is C21H24N4O2. The number of aromatic nitrogens is 2. The van der Waals surface area contributed by atoms with Gasteiger partial charge in [-0.2, -0.15) is 5.10 Å². The summed E-state index contributed by atoms with van der Waals surface area (Å²) in [6.45, 7) is 3.45. The molecule has 6 nitrogen and oxygen atoms in total. The fraction of sp³-hybridized carbons (Fsp3) is 0.333. The summed E-state index contributed by atoms with van der Waals surface area (Å²) < 4.78 is 7.18. The number of nitrogens with zero attached hydrogens (tertiary/aromatic N) is 3. The zero-order valence-corrected chi connectivity index (χ0v) is 15.4. The largest absolute Gasteiger partial charge is 0.463 e. The van der Waals surface area contributed by atoms with Gasteiger partial charge >= 0.3 is 0 Å². The summed E-state index contributed by atoms with van der Waals surface area (Å²) in [6.07, 6.45) is 3.65. The van der Waals surface area contributed by atoms with Crippen LogP contribution < -0.4 is 5.73 Å². The third kappa shape index (κ3) is 3.53. The van der Waals surface area contributed by atoms with Crippen molar-refractivity contribution in [3.05, 3.63) is 60.5 Å². The molecule has 1 fully saturated rings. The zero-order valence-electron chi connectivity index (χ0n) is 15.4. The van der Waals surface area contributed by atoms with E-state index in [1.807, 2.05) is 60.4 Å². The van der Waals surface area contributed by atoms with Gasteiger partial charge in [0.15, 0.2) is 5.76 Å². The maximum absolute atomic E-state index is 13.3. The number of piperidine rings is 1. The number of hydrogen-bond donors (Lipinski definition) is 1. The lowest BCUT2D eigenvalue weighted by molar-refractivity contribution is 0.0651. The van der Waals surface area contributed by atoms with Crippen LogP contribution in [0, 0.1) is 5.92 Å². The van der Waals surface area contributed by atoms with Gasteiger partial charge < -0.3 is 15.1 Å². The highest BCUT2D eigenvalue weighted by Gasteiger charge is 2.29. The van der Waals surface area contributed by atoms with Crippen molar-refractivity contribution in [1.82, 2.24) is 14.7 Å². The van der Waals surface area contributed by atoms with E-state index in [0.29, 0.717) is 29.6 Å². The summed E-state index contributed by atoms with van der Waals surface area (Å²) in [7, 11) is 0. The minimum atomic E-state index is -0.0190. The summed E-state index contributed by atoms with van der Waals surface area (Å²) in [6, 6.07) is 15.3. The molecule has 0 bridgehead atoms. The van der Waals surface area contributed by atoms with Crippen LogP contribution in [0.1, 0.15) is 30.3 Å². The van der Waals surface area contributed by atoms with Crippen molar-refractivity contribution in [2.24, 2.45) is 11.7 Å². The molecule has 0 aliphatic carbocycles. The Labute approximate surface area is 158 Å². The molecule has 1 amide bonds. The monoisotopic (exact) mass is 364 g/mol. The van der Waals surface area contributed by atoms with Gasteiger partial charge in [0.1, 0.15) is 11.4 Å². The van der Waals surface area contributed by atoms with E-state index in [0.717, 1.165) is 25.1 Å². The summed E-state index contributed by atoms with van der Waals surface area (Å²) in [5, 5.41) is 4.64. The van der Waals surface area contributed by atoms with Crippen molar-refractivity contribution >= 4 is 5.91 Å². The molecule has 4 rings (SSSR count). The van der Waals surface area contributed by atoms with Crippen molar-refractivity contribution in [1.29, 1.82) is 0 Å². The molecule has 1 saturated heterocycles. The minimum Gasteiger partial charge on any atom is -0.463 e. The van der Waals surface area contributed by atoms with Crippen LogP contribution in [0.5, 0.6) is 0 Å². The lowest BCUT2D eigenvalue weighted by Crippen LogP contribution is -2.45. The molecule has 0 spiro atoms. The second kappa shape index (κ2) is 7.40. The molecule has 1 aromatic carbocycles. The SMILES string of the molecule is CC(N)C1CCCN(C(=O)c2cc(-c3ccco3)nn2-c2ccccc2)C1. The van der Waals surface area contributed by atoms with Gasteiger partial charge in [-0.1, -0.05) is 18.2 Å². The van der Waals surface area contributed by atoms with E-state index in [1.165, 1.54) is 0 Å². The van der Waals surface area contributed by atoms with E-state index in [4.69, 9.17) is 10.2 Å². The Morgan fingerprint density at radius 1 is 1.26 bits per heavy atom. The molecule has 1 aliphatic rings. The Morgan fingerprint density at radius 3 is 2.78 bits per heavy atom. The van der Waals surface area contributed by atoms with Gasteiger partial charge in [0.2, 0.25) is 0 Å². The normalized spacial score (nSPS) is 18.4. The van der Waals surface area contributed by atoms with E-state index in [9.17, 15) is 4.79 Å². The number of nitrogens with two attached hydrogens (primary N) is 1. The van der Waals surface area contributed by atoms with Crippen molar-refractivity contribution < 1.29 is 9.21 Å². The highest BCUT2D eigenvalue weighted by Crippen LogP contribution is 2.25. The molecule has 2 aromatic heterocycles. The molecule has 27 heavy (non-hydrogen) atoms. The number of likely N-dealkylation sites (tertiary alicyclic amines) is 1. The quantitative estimate of drug-likeness (QED) is 0.770. The second-order valence-corrected chi connectivity index (χ2v) is 7.15. The first kappa shape index (κ1) is 17.5. The number of carbonyl (C=O) groups is 1. The number of rotatable bonds is 4. The molecule has 1 aliphatic heterocycles. The van der Waals surface area contributed by atoms with Crippen LogP contribution in [0.25, 0.3) is 17.1 Å². The van der Waals surface area contributed by atoms with Gasteiger partial charge in [0, 0.05) is 25.2 Å². The number of benzene rings is 1. The highest BCUT2D eigenvalue weighted by atomic mass is 16.3. The zero-order chi connectivity index (χ0) is 18.8. The van der Waals surface area contributed by atoms with Gasteiger partial charge in [0.25, 0.3) is 5.91 Å². The van der Waals surface area contributed by atoms with Crippen LogP contribution >= 0.6 is 0 Å². The summed E-state index contributed by atoms with van der Waals surface area (Å²) in [5.41, 5.74) is 8.12. The Bertz CT molecular complexity index is 900. The van der Waals surface area contributed by atoms with Crippen LogP contribution in [-0.4, -0.2) is 39.7 Å². The molecule has 2 N–H and O–H groups in total. The van der Waals surface area contributed by atoms with Gasteiger partial charge in [-0.3, -0.25) is 4.79 Å². The second-order valence-electron chi connectivity index (χ2n) is 7.15. The molecule has 2 unspecified atom stereocenters. The predicted octanol–water partition coefficient (Wildman–Crippen LogP) is 3.33. The Morgan fingerprint density at radius 2 is 2.07 bits per heavy atom. The van der Waals surface area contributed by atoms with Gasteiger partial charge in [-0.15, -0.1) is 0 Å². The lowest BCUT2D eigenvalue weighted by atomic mass is 9.92. The number of carbonyl (C=O) groups excluding carboxylic acids is 1. The van der Waals surface area contributed by atoms with Crippen LogP contribution in [0.15, 0.2) is 59.2 Å². The summed E-state index contributed by atoms with van der Waals surface area (Å²) in [5.74, 6) is 0.959. The maximum atomic E-state index is 13.3. The number of para-hydroxylation sites is 1. The minimum absolute atomic E-state index is 0.0190. The summed E-state index contributed by atoms with van der Waals surface area (Å²) in [4.78, 5) is 15.2. The Hall–Kier alpha value is -2.86. The van der Waals surface area contributed by atoms with E-state index in [2.05, 4.69) is 5.10 Å². The smallest absolute Gasteiger partial charge is 0.272 e. The van der Waals surface area contributed by atoms with Crippen molar-refractivity contribution in [3.8, 4) is 17.1 Å². The van der Waals surface area contributed by atoms with Crippen LogP contribution in [0.3, 0.4) is 0 Å². The van der Waals surface area contributed by atoms with E-state index >= 15 is 0 Å². The highest BCUT2D eigenvalue weighted by molar-refractivity contribution is 5.94. The topological polar surface area (TPSA) is 77.3 Å². The van der Waals surface area contributed by atoms with E-state index in [1.54, 1.807) is 10.9 Å². The molecular weight excluding hydrogens is 340 g/mol. The molecule has 3 aromatic rings. The Kier molecular flexibility index (Phi) is 4.81. The first-order chi connectivity index (χ1) is 13.1. The maximum Gasteiger partial charge on any atom is 0.272 e. The van der Waals surface area contributed by atoms with Gasteiger partial charge in [0.05, 0.1) is 12.0 Å². The van der Waals surface area contributed by atoms with E-state index in [-0.39, 0.29) is 11.9 Å². The Balaban J connectivity index is 1.71. The van der Waals surface area contributed by atoms with E-state index < -0.39 is 0 Å². The fourth-order valence-corrected chi connectivity index (χ4v) is 3.63. The third-order valence-electron chi connectivity index (χ3n) is 5.19. The van der Waals surface area contributed by atoms with Crippen molar-refractivity contribution in [2.45, 2.75) is 25.8 Å². The van der Waals surface area contributed by atoms with Crippen molar-refractivity contribution in [2.75, 3.05) is 13.1 Å². The van der Waals surface area contributed by atoms with Crippen LogP contribution in [-0.2, 0) is 0 Å². The first-order valence-electron chi connectivity index (χ1n) is 9.37. The average molecular weight is 364 g/mol. The molecule has 0 radical (unpaired) electrons. The molecule has 3 heterocycles. The molecule has 0 saturated carbocycles. The number of hydrogen-bond acceptors (Lipinski definition) is 4. The molecule has 2 atom stereocenters. The third-order valence-corrected chi connectivity index (χ3v) is 5.19. The number of amides is 1. The fourth-order valence-electron chi connectivity index (χ4n) is 3.63. The predicted molar refractivity (Wildman–Crippen MR) is 104 cm³/mol. The summed E-state index contributed by atoms with van der Waals surface area (Å²) >= 11 is 0. The molecule has 6 heteroatoms. The van der Waals surface area contributed by atoms with Gasteiger partial charge in [-0.05, 0) is 49.9 Å². The van der Waals surface area contributed by atoms with Crippen LogP contribution in [0.2, 0.25) is 0 Å².